The van der Waals surface area contributed by atoms with Gasteiger partial charge in [-0.25, -0.2) is 0 Å². The van der Waals surface area contributed by atoms with Crippen molar-refractivity contribution in [1.82, 2.24) is 15.5 Å². The normalized spacial score (nSPS) is 15.7. The third-order valence-corrected chi connectivity index (χ3v) is 4.11. The minimum absolute atomic E-state index is 0. The van der Waals surface area contributed by atoms with Gasteiger partial charge in [0.1, 0.15) is 5.75 Å². The van der Waals surface area contributed by atoms with Crippen molar-refractivity contribution in [3.63, 3.8) is 0 Å². The number of aryl methyl sites for hydroxylation is 1. The molecule has 0 radical (unpaired) electrons. The second-order valence-electron chi connectivity index (χ2n) is 6.32. The highest BCUT2D eigenvalue weighted by Gasteiger charge is 2.28. The molecule has 0 bridgehead atoms. The fraction of sp³-hybridized carbons (Fsp3) is 0.611. The molecule has 0 atom stereocenters. The first kappa shape index (κ1) is 24.8. The molecule has 1 aromatic rings. The highest BCUT2D eigenvalue weighted by Crippen LogP contribution is 2.23. The highest BCUT2D eigenvalue weighted by atomic mass is 127. The third-order valence-electron chi connectivity index (χ3n) is 4.11. The van der Waals surface area contributed by atoms with Gasteiger partial charge in [0.15, 0.2) is 12.6 Å². The second kappa shape index (κ2) is 12.3. The lowest BCUT2D eigenvalue weighted by Crippen LogP contribution is -2.44. The Hall–Kier alpha value is -1.27. The number of benzene rings is 1. The zero-order valence-corrected chi connectivity index (χ0v) is 18.5. The van der Waals surface area contributed by atoms with Gasteiger partial charge in [0.2, 0.25) is 0 Å². The summed E-state index contributed by atoms with van der Waals surface area (Å²) in [5.41, 5.74) is 1.48. The Kier molecular flexibility index (Phi) is 10.9. The van der Waals surface area contributed by atoms with Crippen LogP contribution < -0.4 is 15.4 Å². The molecule has 2 rings (SSSR count). The number of hydrogen-bond donors (Lipinski definition) is 2. The molecule has 1 aliphatic heterocycles. The quantitative estimate of drug-likeness (QED) is 0.332. The molecular formula is C18H28F3IN4O2. The summed E-state index contributed by atoms with van der Waals surface area (Å²) in [4.78, 5) is 6.45. The van der Waals surface area contributed by atoms with E-state index < -0.39 is 12.8 Å². The molecule has 0 saturated carbocycles. The number of ether oxygens (including phenoxy) is 2. The summed E-state index contributed by atoms with van der Waals surface area (Å²) >= 11 is 0. The van der Waals surface area contributed by atoms with E-state index in [4.69, 9.17) is 9.47 Å². The lowest BCUT2D eigenvalue weighted by Gasteiger charge is -2.26. The Morgan fingerprint density at radius 3 is 2.61 bits per heavy atom. The maximum atomic E-state index is 12.5. The van der Waals surface area contributed by atoms with E-state index in [-0.39, 0.29) is 29.7 Å². The van der Waals surface area contributed by atoms with E-state index >= 15 is 0 Å². The zero-order valence-electron chi connectivity index (χ0n) is 16.1. The third kappa shape index (κ3) is 9.28. The van der Waals surface area contributed by atoms with E-state index in [9.17, 15) is 13.2 Å². The van der Waals surface area contributed by atoms with Gasteiger partial charge < -0.3 is 20.1 Å². The van der Waals surface area contributed by atoms with Crippen LogP contribution in [-0.4, -0.2) is 70.1 Å². The number of hydrogen-bond acceptors (Lipinski definition) is 4. The van der Waals surface area contributed by atoms with E-state index in [0.717, 1.165) is 38.4 Å². The van der Waals surface area contributed by atoms with E-state index in [2.05, 4.69) is 20.5 Å². The Morgan fingerprint density at radius 1 is 1.25 bits per heavy atom. The first-order valence-corrected chi connectivity index (χ1v) is 8.91. The maximum absolute atomic E-state index is 12.5. The van der Waals surface area contributed by atoms with Crippen molar-refractivity contribution in [2.75, 3.05) is 53.0 Å². The van der Waals surface area contributed by atoms with Crippen LogP contribution in [0.5, 0.6) is 5.75 Å². The van der Waals surface area contributed by atoms with Crippen molar-refractivity contribution < 1.29 is 22.6 Å². The van der Waals surface area contributed by atoms with Crippen LogP contribution >= 0.6 is 24.0 Å². The number of alkyl halides is 3. The van der Waals surface area contributed by atoms with Crippen LogP contribution in [0.15, 0.2) is 23.2 Å². The summed E-state index contributed by atoms with van der Waals surface area (Å²) in [6, 6.07) is 5.21. The first-order chi connectivity index (χ1) is 12.9. The van der Waals surface area contributed by atoms with Gasteiger partial charge in [-0.1, -0.05) is 12.1 Å². The number of morpholine rings is 1. The molecule has 0 unspecified atom stereocenters. The van der Waals surface area contributed by atoms with Crippen molar-refractivity contribution >= 4 is 29.9 Å². The summed E-state index contributed by atoms with van der Waals surface area (Å²) in [6.07, 6.45) is -4.37. The van der Waals surface area contributed by atoms with Crippen molar-refractivity contribution in [3.8, 4) is 5.75 Å². The summed E-state index contributed by atoms with van der Waals surface area (Å²) in [5.74, 6) is 0.814. The van der Waals surface area contributed by atoms with E-state index in [1.165, 1.54) is 0 Å². The average molecular weight is 516 g/mol. The van der Waals surface area contributed by atoms with Gasteiger partial charge >= 0.3 is 6.18 Å². The second-order valence-corrected chi connectivity index (χ2v) is 6.32. The molecule has 0 aliphatic carbocycles. The number of guanidine groups is 1. The van der Waals surface area contributed by atoms with Crippen LogP contribution in [0.1, 0.15) is 11.1 Å². The van der Waals surface area contributed by atoms with Gasteiger partial charge in [0.05, 0.1) is 13.2 Å². The number of nitrogens with one attached hydrogen (secondary N) is 2. The van der Waals surface area contributed by atoms with Crippen LogP contribution in [0.25, 0.3) is 0 Å². The summed E-state index contributed by atoms with van der Waals surface area (Å²) < 4.78 is 47.6. The molecule has 0 spiro atoms. The Balaban J connectivity index is 0.00000392. The average Bonchev–Trinajstić information content (AvgIpc) is 2.64. The van der Waals surface area contributed by atoms with Crippen molar-refractivity contribution in [2.24, 2.45) is 4.99 Å². The molecule has 0 amide bonds. The van der Waals surface area contributed by atoms with Gasteiger partial charge in [-0.2, -0.15) is 13.2 Å². The van der Waals surface area contributed by atoms with Crippen LogP contribution in [0.4, 0.5) is 13.2 Å². The van der Waals surface area contributed by atoms with E-state index in [0.29, 0.717) is 24.6 Å². The van der Waals surface area contributed by atoms with Crippen molar-refractivity contribution in [3.05, 3.63) is 29.3 Å². The van der Waals surface area contributed by atoms with Gasteiger partial charge in [0.25, 0.3) is 0 Å². The predicted octanol–water partition coefficient (Wildman–Crippen LogP) is 2.55. The molecule has 0 aromatic heterocycles. The molecule has 1 aliphatic rings. The molecule has 2 N–H and O–H groups in total. The SMILES string of the molecule is CN=C(NCCN1CCOCC1)NCc1ccc(C)cc1OCC(F)(F)F.I. The van der Waals surface area contributed by atoms with Crippen molar-refractivity contribution in [2.45, 2.75) is 19.6 Å². The minimum atomic E-state index is -4.37. The molecule has 1 aromatic carbocycles. The molecule has 1 saturated heterocycles. The van der Waals surface area contributed by atoms with E-state index in [1.54, 1.807) is 19.2 Å². The molecule has 6 nitrogen and oxygen atoms in total. The standard InChI is InChI=1S/C18H27F3N4O2.HI/c1-14-3-4-15(16(11-14)27-13-18(19,20)21)12-24-17(22-2)23-5-6-25-7-9-26-10-8-25;/h3-4,11H,5-10,12-13H2,1-2H3,(H2,22,23,24);1H. The number of halogens is 4. The molecule has 1 heterocycles. The smallest absolute Gasteiger partial charge is 0.422 e. The minimum Gasteiger partial charge on any atom is -0.484 e. The Morgan fingerprint density at radius 2 is 1.96 bits per heavy atom. The highest BCUT2D eigenvalue weighted by molar-refractivity contribution is 14.0. The number of aliphatic imine (C=N–C) groups is 1. The topological polar surface area (TPSA) is 58.1 Å². The number of rotatable bonds is 7. The van der Waals surface area contributed by atoms with Crippen LogP contribution in [-0.2, 0) is 11.3 Å². The molecular weight excluding hydrogens is 488 g/mol. The number of nitrogens with zero attached hydrogens (tertiary/aromatic N) is 2. The van der Waals surface area contributed by atoms with Crippen molar-refractivity contribution in [1.29, 1.82) is 0 Å². The van der Waals surface area contributed by atoms with Gasteiger partial charge in [-0.3, -0.25) is 9.89 Å². The van der Waals surface area contributed by atoms with Crippen LogP contribution in [0, 0.1) is 6.92 Å². The van der Waals surface area contributed by atoms with E-state index in [1.807, 2.05) is 13.0 Å². The lowest BCUT2D eigenvalue weighted by molar-refractivity contribution is -0.153. The van der Waals surface area contributed by atoms with Crippen LogP contribution in [0.2, 0.25) is 0 Å². The Bertz CT molecular complexity index is 623. The zero-order chi connectivity index (χ0) is 19.7. The summed E-state index contributed by atoms with van der Waals surface area (Å²) in [7, 11) is 1.65. The lowest BCUT2D eigenvalue weighted by atomic mass is 10.1. The maximum Gasteiger partial charge on any atom is 0.422 e. The monoisotopic (exact) mass is 516 g/mol. The van der Waals surface area contributed by atoms with Gasteiger partial charge in [-0.05, 0) is 18.6 Å². The summed E-state index contributed by atoms with van der Waals surface area (Å²) in [6.45, 7) is 5.72. The molecule has 1 fully saturated rings. The van der Waals surface area contributed by atoms with Gasteiger partial charge in [-0.15, -0.1) is 24.0 Å². The van der Waals surface area contributed by atoms with Crippen LogP contribution in [0.3, 0.4) is 0 Å². The fourth-order valence-corrected chi connectivity index (χ4v) is 2.66. The Labute approximate surface area is 180 Å². The molecule has 10 heteroatoms. The van der Waals surface area contributed by atoms with Gasteiger partial charge in [0, 0.05) is 45.3 Å². The molecule has 28 heavy (non-hydrogen) atoms. The fourth-order valence-electron chi connectivity index (χ4n) is 2.66. The largest absolute Gasteiger partial charge is 0.484 e. The predicted molar refractivity (Wildman–Crippen MR) is 114 cm³/mol. The first-order valence-electron chi connectivity index (χ1n) is 8.91. The molecule has 160 valence electrons. The summed E-state index contributed by atoms with van der Waals surface area (Å²) in [5, 5.41) is 6.32.